The smallest absolute Gasteiger partial charge is 0.244 e. The number of nitrogens with one attached hydrogen (secondary N) is 1. The molecular formula is C17H15BrF2N2O2. The number of rotatable bonds is 4. The maximum Gasteiger partial charge on any atom is 0.244 e. The van der Waals surface area contributed by atoms with Gasteiger partial charge < -0.3 is 5.32 Å². The fourth-order valence-corrected chi connectivity index (χ4v) is 2.74. The van der Waals surface area contributed by atoms with E-state index in [1.54, 1.807) is 12.1 Å². The zero-order valence-corrected chi connectivity index (χ0v) is 14.7. The van der Waals surface area contributed by atoms with Crippen molar-refractivity contribution in [2.45, 2.75) is 13.8 Å². The Balaban J connectivity index is 2.22. The van der Waals surface area contributed by atoms with Crippen molar-refractivity contribution in [1.29, 1.82) is 0 Å². The van der Waals surface area contributed by atoms with Crippen molar-refractivity contribution in [3.8, 4) is 0 Å². The standard InChI is InChI=1S/C17H15BrF2N2O2/c1-10-6-7-15(12(18)8-10)21-16(24)9-22(11(2)23)17-13(19)4-3-5-14(17)20/h3-8H,9H2,1-2H3,(H,21,24). The van der Waals surface area contributed by atoms with Gasteiger partial charge in [0, 0.05) is 11.4 Å². The number of para-hydroxylation sites is 1. The summed E-state index contributed by atoms with van der Waals surface area (Å²) >= 11 is 3.32. The lowest BCUT2D eigenvalue weighted by Crippen LogP contribution is -2.37. The van der Waals surface area contributed by atoms with Crippen molar-refractivity contribution in [3.05, 3.63) is 58.1 Å². The largest absolute Gasteiger partial charge is 0.324 e. The van der Waals surface area contributed by atoms with Gasteiger partial charge >= 0.3 is 0 Å². The molecule has 0 atom stereocenters. The van der Waals surface area contributed by atoms with Crippen molar-refractivity contribution >= 4 is 39.1 Å². The van der Waals surface area contributed by atoms with E-state index in [1.165, 1.54) is 6.07 Å². The molecule has 1 N–H and O–H groups in total. The highest BCUT2D eigenvalue weighted by Gasteiger charge is 2.22. The second-order valence-electron chi connectivity index (χ2n) is 5.21. The van der Waals surface area contributed by atoms with Crippen molar-refractivity contribution in [2.75, 3.05) is 16.8 Å². The summed E-state index contributed by atoms with van der Waals surface area (Å²) in [5, 5.41) is 2.61. The fraction of sp³-hybridized carbons (Fsp3) is 0.176. The molecule has 0 unspecified atom stereocenters. The minimum absolute atomic E-state index is 0.503. The number of carbonyl (C=O) groups is 2. The number of halogens is 3. The molecule has 0 aliphatic rings. The van der Waals surface area contributed by atoms with Gasteiger partial charge in [-0.1, -0.05) is 12.1 Å². The average molecular weight is 397 g/mol. The Labute approximate surface area is 146 Å². The minimum atomic E-state index is -0.908. The molecule has 0 saturated heterocycles. The van der Waals surface area contributed by atoms with Crippen molar-refractivity contribution in [1.82, 2.24) is 0 Å². The number of nitrogens with zero attached hydrogens (tertiary/aromatic N) is 1. The summed E-state index contributed by atoms with van der Waals surface area (Å²) in [5.74, 6) is -3.03. The lowest BCUT2D eigenvalue weighted by molar-refractivity contribution is -0.120. The summed E-state index contributed by atoms with van der Waals surface area (Å²) in [5.41, 5.74) is 0.963. The summed E-state index contributed by atoms with van der Waals surface area (Å²) in [7, 11) is 0. The third kappa shape index (κ3) is 4.17. The van der Waals surface area contributed by atoms with Crippen molar-refractivity contribution in [2.24, 2.45) is 0 Å². The van der Waals surface area contributed by atoms with E-state index in [1.807, 2.05) is 13.0 Å². The molecule has 0 aliphatic carbocycles. The average Bonchev–Trinajstić information content (AvgIpc) is 2.48. The Morgan fingerprint density at radius 3 is 2.33 bits per heavy atom. The van der Waals surface area contributed by atoms with Gasteiger partial charge in [-0.3, -0.25) is 14.5 Å². The first-order valence-electron chi connectivity index (χ1n) is 7.07. The number of amides is 2. The molecule has 4 nitrogen and oxygen atoms in total. The van der Waals surface area contributed by atoms with E-state index in [4.69, 9.17) is 0 Å². The number of aryl methyl sites for hydroxylation is 1. The van der Waals surface area contributed by atoms with E-state index in [0.29, 0.717) is 10.2 Å². The van der Waals surface area contributed by atoms with Crippen LogP contribution in [0.4, 0.5) is 20.2 Å². The monoisotopic (exact) mass is 396 g/mol. The zero-order valence-electron chi connectivity index (χ0n) is 13.1. The molecule has 2 amide bonds. The van der Waals surface area contributed by atoms with Crippen LogP contribution in [0.2, 0.25) is 0 Å². The number of hydrogen-bond donors (Lipinski definition) is 1. The first-order chi connectivity index (χ1) is 11.3. The van der Waals surface area contributed by atoms with Crippen molar-refractivity contribution in [3.63, 3.8) is 0 Å². The molecule has 24 heavy (non-hydrogen) atoms. The summed E-state index contributed by atoms with van der Waals surface area (Å²) < 4.78 is 28.4. The third-order valence-electron chi connectivity index (χ3n) is 3.29. The van der Waals surface area contributed by atoms with Gasteiger partial charge in [-0.15, -0.1) is 0 Å². The topological polar surface area (TPSA) is 49.4 Å². The van der Waals surface area contributed by atoms with Gasteiger partial charge in [-0.2, -0.15) is 0 Å². The quantitative estimate of drug-likeness (QED) is 0.847. The molecule has 0 bridgehead atoms. The second kappa shape index (κ2) is 7.53. The van der Waals surface area contributed by atoms with E-state index in [9.17, 15) is 18.4 Å². The van der Waals surface area contributed by atoms with Crippen molar-refractivity contribution < 1.29 is 18.4 Å². The van der Waals surface area contributed by atoms with Crippen LogP contribution < -0.4 is 10.2 Å². The number of carbonyl (C=O) groups excluding carboxylic acids is 2. The first kappa shape index (κ1) is 18.1. The van der Waals surface area contributed by atoms with Gasteiger partial charge in [0.15, 0.2) is 0 Å². The van der Waals surface area contributed by atoms with Crippen LogP contribution in [-0.2, 0) is 9.59 Å². The molecule has 126 valence electrons. The third-order valence-corrected chi connectivity index (χ3v) is 3.94. The lowest BCUT2D eigenvalue weighted by atomic mass is 10.2. The fourth-order valence-electron chi connectivity index (χ4n) is 2.15. The molecule has 2 rings (SSSR count). The molecule has 0 spiro atoms. The second-order valence-corrected chi connectivity index (χ2v) is 6.06. The first-order valence-corrected chi connectivity index (χ1v) is 7.87. The van der Waals surface area contributed by atoms with Gasteiger partial charge in [0.25, 0.3) is 0 Å². The Morgan fingerprint density at radius 1 is 1.17 bits per heavy atom. The number of benzene rings is 2. The van der Waals surface area contributed by atoms with Crippen LogP contribution >= 0.6 is 15.9 Å². The number of hydrogen-bond acceptors (Lipinski definition) is 2. The number of anilines is 2. The molecule has 0 fully saturated rings. The minimum Gasteiger partial charge on any atom is -0.324 e. The van der Waals surface area contributed by atoms with E-state index in [-0.39, 0.29) is 0 Å². The van der Waals surface area contributed by atoms with Gasteiger partial charge in [-0.25, -0.2) is 8.78 Å². The molecule has 7 heteroatoms. The van der Waals surface area contributed by atoms with Gasteiger partial charge in [0.05, 0.1) is 5.69 Å². The Morgan fingerprint density at radius 2 is 1.79 bits per heavy atom. The highest BCUT2D eigenvalue weighted by atomic mass is 79.9. The van der Waals surface area contributed by atoms with E-state index < -0.39 is 35.7 Å². The van der Waals surface area contributed by atoms with Crippen LogP contribution in [0.25, 0.3) is 0 Å². The van der Waals surface area contributed by atoms with Gasteiger partial charge in [0.1, 0.15) is 23.9 Å². The Bertz CT molecular complexity index is 776. The highest BCUT2D eigenvalue weighted by Crippen LogP contribution is 2.25. The molecule has 2 aromatic rings. The molecule has 0 aromatic heterocycles. The molecule has 0 saturated carbocycles. The SMILES string of the molecule is CC(=O)N(CC(=O)Nc1ccc(C)cc1Br)c1c(F)cccc1F. The Kier molecular flexibility index (Phi) is 5.66. The summed E-state index contributed by atoms with van der Waals surface area (Å²) in [6, 6.07) is 8.56. The molecule has 2 aromatic carbocycles. The molecule has 0 radical (unpaired) electrons. The van der Waals surface area contributed by atoms with Crippen LogP contribution in [0, 0.1) is 18.6 Å². The maximum absolute atomic E-state index is 13.9. The summed E-state index contributed by atoms with van der Waals surface area (Å²) in [6.45, 7) is 2.53. The van der Waals surface area contributed by atoms with Crippen LogP contribution in [0.15, 0.2) is 40.9 Å². The highest BCUT2D eigenvalue weighted by molar-refractivity contribution is 9.10. The summed E-state index contributed by atoms with van der Waals surface area (Å²) in [4.78, 5) is 24.7. The van der Waals surface area contributed by atoms with Gasteiger partial charge in [-0.05, 0) is 52.7 Å². The van der Waals surface area contributed by atoms with E-state index in [0.717, 1.165) is 29.5 Å². The predicted octanol–water partition coefficient (Wildman–Crippen LogP) is 4.03. The zero-order chi connectivity index (χ0) is 17.9. The van der Waals surface area contributed by atoms with Gasteiger partial charge in [0.2, 0.25) is 11.8 Å². The maximum atomic E-state index is 13.9. The van der Waals surface area contributed by atoms with Crippen LogP contribution in [0.5, 0.6) is 0 Å². The van der Waals surface area contributed by atoms with E-state index in [2.05, 4.69) is 21.2 Å². The normalized spacial score (nSPS) is 10.4. The van der Waals surface area contributed by atoms with Crippen LogP contribution in [0.1, 0.15) is 12.5 Å². The summed E-state index contributed by atoms with van der Waals surface area (Å²) in [6.07, 6.45) is 0. The molecule has 0 aliphatic heterocycles. The molecular weight excluding hydrogens is 382 g/mol. The Hall–Kier alpha value is -2.28. The van der Waals surface area contributed by atoms with E-state index >= 15 is 0 Å². The molecule has 0 heterocycles. The van der Waals surface area contributed by atoms with Crippen LogP contribution in [-0.4, -0.2) is 18.4 Å². The van der Waals surface area contributed by atoms with Crippen LogP contribution in [0.3, 0.4) is 0 Å². The lowest BCUT2D eigenvalue weighted by Gasteiger charge is -2.22. The predicted molar refractivity (Wildman–Crippen MR) is 91.9 cm³/mol.